The van der Waals surface area contributed by atoms with Crippen molar-refractivity contribution >= 4 is 17.5 Å². The van der Waals surface area contributed by atoms with Crippen LogP contribution in [0.1, 0.15) is 35.6 Å². The van der Waals surface area contributed by atoms with Gasteiger partial charge in [-0.25, -0.2) is 19.9 Å². The molecule has 0 unspecified atom stereocenters. The van der Waals surface area contributed by atoms with Crippen LogP contribution in [0.5, 0.6) is 11.8 Å². The average molecular weight is 406 g/mol. The highest BCUT2D eigenvalue weighted by molar-refractivity contribution is 5.90. The van der Waals surface area contributed by atoms with Gasteiger partial charge in [-0.3, -0.25) is 4.79 Å². The molecule has 0 aliphatic rings. The smallest absolute Gasteiger partial charge is 0.322 e. The maximum atomic E-state index is 12.3. The molecule has 3 aromatic rings. The van der Waals surface area contributed by atoms with E-state index >= 15 is 0 Å². The van der Waals surface area contributed by atoms with Gasteiger partial charge in [-0.15, -0.1) is 0 Å². The summed E-state index contributed by atoms with van der Waals surface area (Å²) in [5.74, 6) is 1.08. The van der Waals surface area contributed by atoms with Crippen molar-refractivity contribution in [1.82, 2.24) is 19.9 Å². The maximum absolute atomic E-state index is 12.3. The first kappa shape index (κ1) is 21.2. The van der Waals surface area contributed by atoms with Gasteiger partial charge in [0.1, 0.15) is 5.75 Å². The number of carbonyl (C=O) groups is 1. The minimum atomic E-state index is -0.0714. The third-order valence-electron chi connectivity index (χ3n) is 4.13. The Hall–Kier alpha value is -3.55. The van der Waals surface area contributed by atoms with Crippen molar-refractivity contribution in [3.05, 3.63) is 59.2 Å². The lowest BCUT2D eigenvalue weighted by atomic mass is 10.2. The molecule has 0 atom stereocenters. The van der Waals surface area contributed by atoms with Gasteiger partial charge in [0, 0.05) is 47.5 Å². The molecule has 1 amide bonds. The van der Waals surface area contributed by atoms with Gasteiger partial charge in [0.2, 0.25) is 11.9 Å². The first-order valence-electron chi connectivity index (χ1n) is 9.83. The van der Waals surface area contributed by atoms with E-state index in [2.05, 4.69) is 30.6 Å². The summed E-state index contributed by atoms with van der Waals surface area (Å²) in [6.07, 6.45) is 1.04. The highest BCUT2D eigenvalue weighted by Gasteiger charge is 2.07. The van der Waals surface area contributed by atoms with E-state index < -0.39 is 0 Å². The summed E-state index contributed by atoms with van der Waals surface area (Å²) in [4.78, 5) is 29.4. The Morgan fingerprint density at radius 1 is 0.900 bits per heavy atom. The van der Waals surface area contributed by atoms with Crippen LogP contribution in [-0.4, -0.2) is 32.4 Å². The molecule has 2 heterocycles. The molecule has 3 rings (SSSR count). The van der Waals surface area contributed by atoms with Crippen LogP contribution >= 0.6 is 0 Å². The predicted octanol–water partition coefficient (Wildman–Crippen LogP) is 4.12. The van der Waals surface area contributed by atoms with Gasteiger partial charge in [-0.05, 0) is 58.4 Å². The van der Waals surface area contributed by atoms with E-state index in [1.165, 1.54) is 0 Å². The van der Waals surface area contributed by atoms with Crippen molar-refractivity contribution in [2.75, 3.05) is 17.2 Å². The topological polar surface area (TPSA) is 102 Å². The number of anilines is 2. The van der Waals surface area contributed by atoms with Gasteiger partial charge < -0.3 is 15.4 Å². The second kappa shape index (κ2) is 9.78. The van der Waals surface area contributed by atoms with Gasteiger partial charge in [0.05, 0.1) is 0 Å². The lowest BCUT2D eigenvalue weighted by Gasteiger charge is -2.09. The fourth-order valence-corrected chi connectivity index (χ4v) is 2.96. The number of nitrogens with zero attached hydrogens (tertiary/aromatic N) is 4. The van der Waals surface area contributed by atoms with Gasteiger partial charge in [0.15, 0.2) is 0 Å². The first-order valence-corrected chi connectivity index (χ1v) is 9.83. The Kier molecular flexibility index (Phi) is 6.90. The number of amides is 1. The molecular formula is C22H26N6O2. The zero-order valence-electron chi connectivity index (χ0n) is 17.7. The number of aromatic nitrogens is 4. The lowest BCUT2D eigenvalue weighted by molar-refractivity contribution is -0.116. The van der Waals surface area contributed by atoms with Crippen molar-refractivity contribution < 1.29 is 9.53 Å². The van der Waals surface area contributed by atoms with Gasteiger partial charge in [-0.2, -0.15) is 0 Å². The molecule has 30 heavy (non-hydrogen) atoms. The number of hydrogen-bond donors (Lipinski definition) is 2. The van der Waals surface area contributed by atoms with Gasteiger partial charge >= 0.3 is 6.01 Å². The van der Waals surface area contributed by atoms with Crippen molar-refractivity contribution in [3.63, 3.8) is 0 Å². The second-order valence-electron chi connectivity index (χ2n) is 7.12. The molecule has 0 fully saturated rings. The molecule has 2 N–H and O–H groups in total. The summed E-state index contributed by atoms with van der Waals surface area (Å²) >= 11 is 0. The molecular weight excluding hydrogens is 380 g/mol. The molecule has 0 spiro atoms. The molecule has 0 saturated carbocycles. The Balaban J connectivity index is 1.48. The van der Waals surface area contributed by atoms with E-state index in [0.29, 0.717) is 36.8 Å². The summed E-state index contributed by atoms with van der Waals surface area (Å²) < 4.78 is 5.73. The predicted molar refractivity (Wildman–Crippen MR) is 116 cm³/mol. The summed E-state index contributed by atoms with van der Waals surface area (Å²) in [5.41, 5.74) is 4.16. The van der Waals surface area contributed by atoms with Crippen LogP contribution < -0.4 is 15.4 Å². The summed E-state index contributed by atoms with van der Waals surface area (Å²) in [6.45, 7) is 8.25. The summed E-state index contributed by atoms with van der Waals surface area (Å²) in [6, 6.07) is 11.3. The molecule has 0 aliphatic heterocycles. The number of hydrogen-bond acceptors (Lipinski definition) is 7. The van der Waals surface area contributed by atoms with Crippen LogP contribution in [0.2, 0.25) is 0 Å². The molecule has 0 saturated heterocycles. The van der Waals surface area contributed by atoms with E-state index in [1.54, 1.807) is 12.1 Å². The molecule has 0 bridgehead atoms. The number of nitrogens with one attached hydrogen (secondary N) is 2. The normalized spacial score (nSPS) is 10.5. The highest BCUT2D eigenvalue weighted by Crippen LogP contribution is 2.22. The summed E-state index contributed by atoms with van der Waals surface area (Å²) in [5, 5.41) is 6.04. The SMILES string of the molecule is Cc1cc(C)nc(NCCCC(=O)Nc2cccc(Oc3nc(C)cc(C)n3)c2)n1. The Labute approximate surface area is 176 Å². The molecule has 0 radical (unpaired) electrons. The standard InChI is InChI=1S/C22H26N6O2/c1-14-11-15(2)25-21(24-14)23-10-6-9-20(29)28-18-7-5-8-19(13-18)30-22-26-16(3)12-17(4)27-22/h5,7-8,11-13H,6,9-10H2,1-4H3,(H,28,29)(H,23,24,25). The van der Waals surface area contributed by atoms with Crippen LogP contribution in [0.15, 0.2) is 36.4 Å². The van der Waals surface area contributed by atoms with Crippen molar-refractivity contribution in [2.24, 2.45) is 0 Å². The Bertz CT molecular complexity index is 997. The van der Waals surface area contributed by atoms with Crippen LogP contribution in [-0.2, 0) is 4.79 Å². The van der Waals surface area contributed by atoms with Crippen LogP contribution in [0.25, 0.3) is 0 Å². The first-order chi connectivity index (χ1) is 14.4. The quantitative estimate of drug-likeness (QED) is 0.542. The highest BCUT2D eigenvalue weighted by atomic mass is 16.5. The lowest BCUT2D eigenvalue weighted by Crippen LogP contribution is -2.14. The third kappa shape index (κ3) is 6.51. The minimum Gasteiger partial charge on any atom is -0.424 e. The maximum Gasteiger partial charge on any atom is 0.322 e. The van der Waals surface area contributed by atoms with Gasteiger partial charge in [-0.1, -0.05) is 6.07 Å². The monoisotopic (exact) mass is 406 g/mol. The number of benzene rings is 1. The molecule has 156 valence electrons. The molecule has 0 aliphatic carbocycles. The summed E-state index contributed by atoms with van der Waals surface area (Å²) in [7, 11) is 0. The second-order valence-corrected chi connectivity index (χ2v) is 7.12. The fraction of sp³-hybridized carbons (Fsp3) is 0.318. The van der Waals surface area contributed by atoms with E-state index in [-0.39, 0.29) is 11.9 Å². The van der Waals surface area contributed by atoms with E-state index in [4.69, 9.17) is 4.74 Å². The van der Waals surface area contributed by atoms with E-state index in [0.717, 1.165) is 22.8 Å². The van der Waals surface area contributed by atoms with Crippen molar-refractivity contribution in [3.8, 4) is 11.8 Å². The Morgan fingerprint density at radius 3 is 2.20 bits per heavy atom. The van der Waals surface area contributed by atoms with Crippen LogP contribution in [0, 0.1) is 27.7 Å². The van der Waals surface area contributed by atoms with E-state index in [1.807, 2.05) is 52.0 Å². The number of ether oxygens (including phenoxy) is 1. The van der Waals surface area contributed by atoms with E-state index in [9.17, 15) is 4.79 Å². The van der Waals surface area contributed by atoms with Crippen LogP contribution in [0.3, 0.4) is 0 Å². The average Bonchev–Trinajstić information content (AvgIpc) is 2.64. The fourth-order valence-electron chi connectivity index (χ4n) is 2.96. The van der Waals surface area contributed by atoms with Gasteiger partial charge in [0.25, 0.3) is 0 Å². The number of carbonyl (C=O) groups excluding carboxylic acids is 1. The molecule has 1 aromatic carbocycles. The molecule has 2 aromatic heterocycles. The molecule has 8 heteroatoms. The zero-order valence-corrected chi connectivity index (χ0v) is 17.7. The molecule has 8 nitrogen and oxygen atoms in total. The van der Waals surface area contributed by atoms with Crippen molar-refractivity contribution in [1.29, 1.82) is 0 Å². The third-order valence-corrected chi connectivity index (χ3v) is 4.13. The number of rotatable bonds is 8. The van der Waals surface area contributed by atoms with Crippen molar-refractivity contribution in [2.45, 2.75) is 40.5 Å². The minimum absolute atomic E-state index is 0.0714. The number of aryl methyl sites for hydroxylation is 4. The Morgan fingerprint density at radius 2 is 1.53 bits per heavy atom. The largest absolute Gasteiger partial charge is 0.424 e. The van der Waals surface area contributed by atoms with Crippen LogP contribution in [0.4, 0.5) is 11.6 Å². The zero-order chi connectivity index (χ0) is 21.5.